The van der Waals surface area contributed by atoms with E-state index < -0.39 is 0 Å². The summed E-state index contributed by atoms with van der Waals surface area (Å²) in [4.78, 5) is 12.9. The van der Waals surface area contributed by atoms with E-state index in [9.17, 15) is 4.79 Å². The Hall–Kier alpha value is 0.130. The normalized spacial score (nSPS) is 27.4. The second-order valence-electron chi connectivity index (χ2n) is 4.92. The molecule has 0 spiro atoms. The highest BCUT2D eigenvalue weighted by atomic mass is 79.9. The lowest BCUT2D eigenvalue weighted by Gasteiger charge is -2.20. The smallest absolute Gasteiger partial charge is 0.261 e. The number of carbonyl (C=O) groups is 1. The topological polar surface area (TPSA) is 29.1 Å². The molecule has 0 saturated heterocycles. The van der Waals surface area contributed by atoms with Crippen LogP contribution in [0.15, 0.2) is 14.3 Å². The Kier molecular flexibility index (Phi) is 4.89. The summed E-state index contributed by atoms with van der Waals surface area (Å²) >= 11 is 8.31. The third kappa shape index (κ3) is 2.99. The number of thiophene rings is 1. The summed E-state index contributed by atoms with van der Waals surface area (Å²) in [5.74, 6) is 1.41. The highest BCUT2D eigenvalue weighted by molar-refractivity contribution is 9.13. The molecule has 100 valence electrons. The van der Waals surface area contributed by atoms with Crippen LogP contribution in [-0.2, 0) is 0 Å². The molecule has 1 aliphatic rings. The minimum Gasteiger partial charge on any atom is -0.348 e. The van der Waals surface area contributed by atoms with E-state index in [1.165, 1.54) is 24.2 Å². The summed E-state index contributed by atoms with van der Waals surface area (Å²) in [6, 6.07) is 2.21. The molecule has 1 aromatic rings. The molecule has 0 aliphatic heterocycles. The van der Waals surface area contributed by atoms with E-state index >= 15 is 0 Å². The molecular formula is C13H17Br2NOS. The molecule has 1 fully saturated rings. The van der Waals surface area contributed by atoms with E-state index in [1.54, 1.807) is 0 Å². The predicted octanol–water partition coefficient (Wildman–Crippen LogP) is 4.83. The number of halogens is 2. The standard InChI is InChI=1S/C13H17Br2NOS/c1-3-8-4-5-10(7(8)2)16-13(17)11-6-9(14)12(15)18-11/h6-8,10H,3-5H2,1-2H3,(H,16,17). The van der Waals surface area contributed by atoms with Crippen LogP contribution in [0.1, 0.15) is 42.8 Å². The summed E-state index contributed by atoms with van der Waals surface area (Å²) in [5, 5.41) is 3.18. The molecule has 1 N–H and O–H groups in total. The van der Waals surface area contributed by atoms with Gasteiger partial charge in [0.25, 0.3) is 5.91 Å². The number of rotatable bonds is 3. The van der Waals surface area contributed by atoms with E-state index in [4.69, 9.17) is 0 Å². The Morgan fingerprint density at radius 2 is 2.22 bits per heavy atom. The highest BCUT2D eigenvalue weighted by Gasteiger charge is 2.32. The van der Waals surface area contributed by atoms with Gasteiger partial charge in [-0.25, -0.2) is 0 Å². The molecule has 1 aromatic heterocycles. The molecule has 0 bridgehead atoms. The molecule has 1 amide bonds. The van der Waals surface area contributed by atoms with Crippen LogP contribution in [-0.4, -0.2) is 11.9 Å². The Bertz CT molecular complexity index is 427. The zero-order valence-electron chi connectivity index (χ0n) is 10.5. The first kappa shape index (κ1) is 14.5. The van der Waals surface area contributed by atoms with Crippen molar-refractivity contribution in [3.05, 3.63) is 19.2 Å². The highest BCUT2D eigenvalue weighted by Crippen LogP contribution is 2.35. The molecule has 0 aromatic carbocycles. The summed E-state index contributed by atoms with van der Waals surface area (Å²) in [5.41, 5.74) is 0. The van der Waals surface area contributed by atoms with E-state index in [1.807, 2.05) is 6.07 Å². The van der Waals surface area contributed by atoms with Gasteiger partial charge in [0.1, 0.15) is 0 Å². The zero-order chi connectivity index (χ0) is 13.3. The maximum atomic E-state index is 12.2. The molecule has 0 radical (unpaired) electrons. The van der Waals surface area contributed by atoms with Gasteiger partial charge in [0.2, 0.25) is 0 Å². The van der Waals surface area contributed by atoms with Gasteiger partial charge in [0.05, 0.1) is 8.66 Å². The van der Waals surface area contributed by atoms with Crippen molar-refractivity contribution in [2.75, 3.05) is 0 Å². The summed E-state index contributed by atoms with van der Waals surface area (Å²) in [6.07, 6.45) is 3.56. The van der Waals surface area contributed by atoms with Crippen LogP contribution >= 0.6 is 43.2 Å². The Morgan fingerprint density at radius 3 is 2.72 bits per heavy atom. The van der Waals surface area contributed by atoms with Crippen molar-refractivity contribution in [3.8, 4) is 0 Å². The van der Waals surface area contributed by atoms with Crippen molar-refractivity contribution in [1.82, 2.24) is 5.32 Å². The number of amides is 1. The maximum absolute atomic E-state index is 12.2. The Labute approximate surface area is 129 Å². The van der Waals surface area contributed by atoms with Crippen molar-refractivity contribution in [1.29, 1.82) is 0 Å². The SMILES string of the molecule is CCC1CCC(NC(=O)c2cc(Br)c(Br)s2)C1C. The fourth-order valence-electron chi connectivity index (χ4n) is 2.73. The van der Waals surface area contributed by atoms with Gasteiger partial charge in [-0.15, -0.1) is 11.3 Å². The molecule has 2 nitrogen and oxygen atoms in total. The summed E-state index contributed by atoms with van der Waals surface area (Å²) in [6.45, 7) is 4.49. The number of nitrogens with one attached hydrogen (secondary N) is 1. The average molecular weight is 395 g/mol. The van der Waals surface area contributed by atoms with Gasteiger partial charge in [0.15, 0.2) is 0 Å². The first-order chi connectivity index (χ1) is 8.52. The summed E-state index contributed by atoms with van der Waals surface area (Å²) < 4.78 is 1.92. The van der Waals surface area contributed by atoms with Gasteiger partial charge in [-0.3, -0.25) is 4.79 Å². The third-order valence-electron chi connectivity index (χ3n) is 3.94. The van der Waals surface area contributed by atoms with Gasteiger partial charge >= 0.3 is 0 Å². The van der Waals surface area contributed by atoms with E-state index in [0.29, 0.717) is 12.0 Å². The van der Waals surface area contributed by atoms with Crippen LogP contribution in [0.5, 0.6) is 0 Å². The molecule has 1 saturated carbocycles. The maximum Gasteiger partial charge on any atom is 0.261 e. The van der Waals surface area contributed by atoms with Crippen LogP contribution in [0.3, 0.4) is 0 Å². The van der Waals surface area contributed by atoms with Crippen molar-refractivity contribution >= 4 is 49.1 Å². The van der Waals surface area contributed by atoms with Crippen molar-refractivity contribution in [2.24, 2.45) is 11.8 Å². The van der Waals surface area contributed by atoms with E-state index in [-0.39, 0.29) is 5.91 Å². The van der Waals surface area contributed by atoms with Gasteiger partial charge in [-0.05, 0) is 62.6 Å². The lowest BCUT2D eigenvalue weighted by molar-refractivity contribution is 0.0930. The van der Waals surface area contributed by atoms with E-state index in [2.05, 4.69) is 51.0 Å². The second kappa shape index (κ2) is 6.06. The number of hydrogen-bond acceptors (Lipinski definition) is 2. The van der Waals surface area contributed by atoms with Crippen molar-refractivity contribution in [3.63, 3.8) is 0 Å². The van der Waals surface area contributed by atoms with Crippen molar-refractivity contribution in [2.45, 2.75) is 39.2 Å². The largest absolute Gasteiger partial charge is 0.348 e. The summed E-state index contributed by atoms with van der Waals surface area (Å²) in [7, 11) is 0. The van der Waals surface area contributed by atoms with Crippen LogP contribution in [0.2, 0.25) is 0 Å². The molecule has 5 heteroatoms. The lowest BCUT2D eigenvalue weighted by atomic mass is 9.93. The van der Waals surface area contributed by atoms with Gasteiger partial charge in [0, 0.05) is 10.5 Å². The average Bonchev–Trinajstić information content (AvgIpc) is 2.85. The Morgan fingerprint density at radius 1 is 1.50 bits per heavy atom. The third-order valence-corrected chi connectivity index (χ3v) is 7.19. The lowest BCUT2D eigenvalue weighted by Crippen LogP contribution is -2.37. The fraction of sp³-hybridized carbons (Fsp3) is 0.615. The van der Waals surface area contributed by atoms with E-state index in [0.717, 1.165) is 25.5 Å². The van der Waals surface area contributed by atoms with Crippen LogP contribution in [0.4, 0.5) is 0 Å². The fourth-order valence-corrected chi connectivity index (χ4v) is 4.66. The minimum atomic E-state index is 0.0556. The number of hydrogen-bond donors (Lipinski definition) is 1. The quantitative estimate of drug-likeness (QED) is 0.781. The van der Waals surface area contributed by atoms with Crippen LogP contribution in [0, 0.1) is 11.8 Å². The predicted molar refractivity (Wildman–Crippen MR) is 83.2 cm³/mol. The zero-order valence-corrected chi connectivity index (χ0v) is 14.5. The van der Waals surface area contributed by atoms with Gasteiger partial charge in [-0.2, -0.15) is 0 Å². The van der Waals surface area contributed by atoms with Gasteiger partial charge in [-0.1, -0.05) is 20.3 Å². The molecule has 1 heterocycles. The first-order valence-electron chi connectivity index (χ1n) is 6.28. The molecule has 1 aliphatic carbocycles. The Balaban J connectivity index is 2.00. The molecular weight excluding hydrogens is 378 g/mol. The molecule has 2 rings (SSSR count). The second-order valence-corrected chi connectivity index (χ2v) is 8.14. The number of carbonyl (C=O) groups excluding carboxylic acids is 1. The van der Waals surface area contributed by atoms with Crippen LogP contribution in [0.25, 0.3) is 0 Å². The van der Waals surface area contributed by atoms with Crippen LogP contribution < -0.4 is 5.32 Å². The molecule has 18 heavy (non-hydrogen) atoms. The first-order valence-corrected chi connectivity index (χ1v) is 8.68. The van der Waals surface area contributed by atoms with Crippen molar-refractivity contribution < 1.29 is 4.79 Å². The molecule has 3 atom stereocenters. The monoisotopic (exact) mass is 393 g/mol. The molecule has 3 unspecified atom stereocenters. The minimum absolute atomic E-state index is 0.0556. The van der Waals surface area contributed by atoms with Gasteiger partial charge < -0.3 is 5.32 Å².